The number of hydrogen-bond donors (Lipinski definition) is 0. The molecule has 0 nitrogen and oxygen atoms in total. The van der Waals surface area contributed by atoms with E-state index in [9.17, 15) is 0 Å². The normalized spacial score (nSPS) is 11.4. The van der Waals surface area contributed by atoms with Crippen molar-refractivity contribution in [3.05, 3.63) is 36.2 Å². The van der Waals surface area contributed by atoms with E-state index in [1.165, 1.54) is 16.0 Å². The topological polar surface area (TPSA) is 0 Å². The molecule has 0 saturated heterocycles. The molecule has 0 heterocycles. The average Bonchev–Trinajstić information content (AvgIpc) is 2.16. The number of thioether (sulfide) groups is 1. The predicted octanol–water partition coefficient (Wildman–Crippen LogP) is 4.54. The van der Waals surface area contributed by atoms with Crippen LogP contribution >= 0.6 is 11.8 Å². The van der Waals surface area contributed by atoms with Gasteiger partial charge in [-0.15, -0.1) is 11.8 Å². The molecule has 0 aliphatic carbocycles. The van der Waals surface area contributed by atoms with Crippen LogP contribution in [0.5, 0.6) is 0 Å². The first-order valence-corrected chi connectivity index (χ1v) is 6.76. The molecule has 1 heteroatoms. The molecule has 1 atom stereocenters. The summed E-state index contributed by atoms with van der Waals surface area (Å²) in [6.45, 7) is 10.8. The standard InChI is InChI=1S/C14H21S/c1-10(2)6-12-7-13(11(3)4)9-14(8-12)15-5/h7-11H,3,6H2,1-2,4-5H3. The molecule has 15 heavy (non-hydrogen) atoms. The van der Waals surface area contributed by atoms with Gasteiger partial charge in [0, 0.05) is 4.90 Å². The van der Waals surface area contributed by atoms with E-state index in [0.717, 1.165) is 12.3 Å². The Labute approximate surface area is 98.5 Å². The molecule has 0 fully saturated rings. The number of rotatable bonds is 4. The zero-order valence-corrected chi connectivity index (χ0v) is 11.0. The Balaban J connectivity index is 3.00. The van der Waals surface area contributed by atoms with E-state index >= 15 is 0 Å². The molecule has 0 aliphatic rings. The average molecular weight is 221 g/mol. The van der Waals surface area contributed by atoms with Crippen LogP contribution < -0.4 is 0 Å². The summed E-state index contributed by atoms with van der Waals surface area (Å²) in [6, 6.07) is 6.86. The Morgan fingerprint density at radius 3 is 2.33 bits per heavy atom. The maximum absolute atomic E-state index is 4.10. The molecule has 0 aliphatic heterocycles. The fourth-order valence-corrected chi connectivity index (χ4v) is 2.20. The summed E-state index contributed by atoms with van der Waals surface area (Å²) >= 11 is 1.81. The first-order valence-electron chi connectivity index (χ1n) is 5.54. The van der Waals surface area contributed by atoms with Gasteiger partial charge in [-0.25, -0.2) is 0 Å². The Morgan fingerprint density at radius 1 is 1.20 bits per heavy atom. The summed E-state index contributed by atoms with van der Waals surface area (Å²) in [6.07, 6.45) is 3.29. The largest absolute Gasteiger partial charge is 0.130 e. The van der Waals surface area contributed by atoms with Gasteiger partial charge in [0.1, 0.15) is 0 Å². The summed E-state index contributed by atoms with van der Waals surface area (Å²) in [5, 5.41) is 0. The van der Waals surface area contributed by atoms with Crippen LogP contribution in [-0.4, -0.2) is 6.26 Å². The lowest BCUT2D eigenvalue weighted by Crippen LogP contribution is -1.97. The highest BCUT2D eigenvalue weighted by Gasteiger charge is 2.05. The molecule has 1 radical (unpaired) electrons. The summed E-state index contributed by atoms with van der Waals surface area (Å²) in [4.78, 5) is 1.36. The van der Waals surface area contributed by atoms with Gasteiger partial charge in [0.15, 0.2) is 0 Å². The van der Waals surface area contributed by atoms with Crippen molar-refractivity contribution in [2.45, 2.75) is 38.0 Å². The molecule has 83 valence electrons. The van der Waals surface area contributed by atoms with Crippen molar-refractivity contribution in [3.63, 3.8) is 0 Å². The zero-order chi connectivity index (χ0) is 11.4. The lowest BCUT2D eigenvalue weighted by Gasteiger charge is -2.12. The summed E-state index contributed by atoms with van der Waals surface area (Å²) < 4.78 is 0. The molecule has 0 spiro atoms. The van der Waals surface area contributed by atoms with Crippen LogP contribution in [0.2, 0.25) is 0 Å². The summed E-state index contributed by atoms with van der Waals surface area (Å²) in [7, 11) is 0. The van der Waals surface area contributed by atoms with E-state index in [2.05, 4.69) is 52.1 Å². The van der Waals surface area contributed by atoms with Gasteiger partial charge < -0.3 is 0 Å². The molecule has 0 saturated carbocycles. The maximum atomic E-state index is 4.10. The van der Waals surface area contributed by atoms with Crippen molar-refractivity contribution in [3.8, 4) is 0 Å². The zero-order valence-electron chi connectivity index (χ0n) is 10.2. The van der Waals surface area contributed by atoms with E-state index in [1.807, 2.05) is 11.8 Å². The lowest BCUT2D eigenvalue weighted by atomic mass is 9.96. The highest BCUT2D eigenvalue weighted by atomic mass is 32.2. The Morgan fingerprint density at radius 2 is 1.87 bits per heavy atom. The van der Waals surface area contributed by atoms with Crippen LogP contribution in [0, 0.1) is 12.8 Å². The van der Waals surface area contributed by atoms with Gasteiger partial charge in [0.25, 0.3) is 0 Å². The molecule has 1 rings (SSSR count). The Hall–Kier alpha value is -0.430. The minimum Gasteiger partial charge on any atom is -0.130 e. The fraction of sp³-hybridized carbons (Fsp3) is 0.500. The third-order valence-corrected chi connectivity index (χ3v) is 3.14. The second-order valence-corrected chi connectivity index (χ2v) is 5.49. The molecule has 0 amide bonds. The van der Waals surface area contributed by atoms with Gasteiger partial charge >= 0.3 is 0 Å². The van der Waals surface area contributed by atoms with Crippen molar-refractivity contribution in [2.75, 3.05) is 6.26 Å². The number of benzene rings is 1. The van der Waals surface area contributed by atoms with Crippen molar-refractivity contribution in [1.29, 1.82) is 0 Å². The van der Waals surface area contributed by atoms with E-state index in [-0.39, 0.29) is 0 Å². The molecule has 0 aromatic heterocycles. The minimum absolute atomic E-state index is 0.378. The molecule has 1 aromatic rings. The minimum atomic E-state index is 0.378. The highest BCUT2D eigenvalue weighted by molar-refractivity contribution is 7.98. The van der Waals surface area contributed by atoms with E-state index in [4.69, 9.17) is 0 Å². The Kier molecular flexibility index (Phi) is 4.72. The van der Waals surface area contributed by atoms with E-state index in [1.54, 1.807) is 0 Å². The van der Waals surface area contributed by atoms with Gasteiger partial charge in [-0.05, 0) is 54.7 Å². The first-order chi connectivity index (χ1) is 7.02. The van der Waals surface area contributed by atoms with Crippen LogP contribution in [0.25, 0.3) is 0 Å². The van der Waals surface area contributed by atoms with Crippen molar-refractivity contribution in [2.24, 2.45) is 5.92 Å². The SMILES string of the molecule is [CH2]C(C)c1cc(CC(C)C)cc(SC)c1. The second kappa shape index (κ2) is 5.60. The summed E-state index contributed by atoms with van der Waals surface area (Å²) in [5.74, 6) is 1.10. The smallest absolute Gasteiger partial charge is 0.00747 e. The van der Waals surface area contributed by atoms with Gasteiger partial charge in [-0.1, -0.05) is 26.8 Å². The van der Waals surface area contributed by atoms with Gasteiger partial charge in [0.05, 0.1) is 0 Å². The molecule has 0 N–H and O–H groups in total. The molecule has 1 aromatic carbocycles. The third kappa shape index (κ3) is 3.90. The van der Waals surface area contributed by atoms with Gasteiger partial charge in [-0.2, -0.15) is 0 Å². The molecule has 0 bridgehead atoms. The van der Waals surface area contributed by atoms with Gasteiger partial charge in [0.2, 0.25) is 0 Å². The quantitative estimate of drug-likeness (QED) is 0.672. The van der Waals surface area contributed by atoms with Crippen molar-refractivity contribution >= 4 is 11.8 Å². The van der Waals surface area contributed by atoms with Crippen LogP contribution in [0.15, 0.2) is 23.1 Å². The predicted molar refractivity (Wildman–Crippen MR) is 70.5 cm³/mol. The van der Waals surface area contributed by atoms with Crippen LogP contribution in [0.3, 0.4) is 0 Å². The van der Waals surface area contributed by atoms with E-state index < -0.39 is 0 Å². The van der Waals surface area contributed by atoms with Gasteiger partial charge in [-0.3, -0.25) is 0 Å². The monoisotopic (exact) mass is 221 g/mol. The summed E-state index contributed by atoms with van der Waals surface area (Å²) in [5.41, 5.74) is 2.81. The molecular weight excluding hydrogens is 200 g/mol. The van der Waals surface area contributed by atoms with Crippen molar-refractivity contribution in [1.82, 2.24) is 0 Å². The third-order valence-electron chi connectivity index (χ3n) is 2.44. The maximum Gasteiger partial charge on any atom is 0.00747 e. The molecular formula is C14H21S. The van der Waals surface area contributed by atoms with Crippen LogP contribution in [0.1, 0.15) is 37.8 Å². The van der Waals surface area contributed by atoms with Crippen LogP contribution in [0.4, 0.5) is 0 Å². The van der Waals surface area contributed by atoms with Crippen LogP contribution in [-0.2, 0) is 6.42 Å². The van der Waals surface area contributed by atoms with Crippen molar-refractivity contribution < 1.29 is 0 Å². The Bertz CT molecular complexity index is 313. The number of hydrogen-bond acceptors (Lipinski definition) is 1. The first kappa shape index (κ1) is 12.6. The lowest BCUT2D eigenvalue weighted by molar-refractivity contribution is 0.645. The van der Waals surface area contributed by atoms with E-state index in [0.29, 0.717) is 5.92 Å². The second-order valence-electron chi connectivity index (χ2n) is 4.61. The highest BCUT2D eigenvalue weighted by Crippen LogP contribution is 2.25. The fourth-order valence-electron chi connectivity index (χ4n) is 1.68. The molecule has 1 unspecified atom stereocenters.